The highest BCUT2D eigenvalue weighted by atomic mass is 16.5. The second-order valence-corrected chi connectivity index (χ2v) is 8.64. The summed E-state index contributed by atoms with van der Waals surface area (Å²) in [5, 5.41) is 24.1. The minimum absolute atomic E-state index is 0.569. The maximum atomic E-state index is 9.17. The largest absolute Gasteiger partial charge is 0.496 e. The van der Waals surface area contributed by atoms with E-state index in [0.717, 1.165) is 68.3 Å². The zero-order valence-corrected chi connectivity index (χ0v) is 20.0. The topological polar surface area (TPSA) is 87.6 Å². The van der Waals surface area contributed by atoms with Crippen molar-refractivity contribution < 1.29 is 4.74 Å². The molecule has 0 saturated carbocycles. The highest BCUT2D eigenvalue weighted by Gasteiger charge is 2.17. The third-order valence-electron chi connectivity index (χ3n) is 6.46. The summed E-state index contributed by atoms with van der Waals surface area (Å²) in [5.74, 6) is 0.803. The van der Waals surface area contributed by atoms with Crippen molar-refractivity contribution in [2.24, 2.45) is 7.05 Å². The Morgan fingerprint density at radius 2 is 1.80 bits per heavy atom. The molecule has 0 bridgehead atoms. The van der Waals surface area contributed by atoms with E-state index in [0.29, 0.717) is 11.3 Å². The average molecular weight is 460 g/mol. The Morgan fingerprint density at radius 1 is 1.06 bits per heavy atom. The predicted molar refractivity (Wildman–Crippen MR) is 139 cm³/mol. The number of pyridine rings is 1. The van der Waals surface area contributed by atoms with Gasteiger partial charge in [-0.15, -0.1) is 0 Å². The quantitative estimate of drug-likeness (QED) is 0.323. The molecule has 172 valence electrons. The molecule has 0 fully saturated rings. The molecule has 2 heterocycles. The third-order valence-corrected chi connectivity index (χ3v) is 6.46. The van der Waals surface area contributed by atoms with Crippen LogP contribution in [0.5, 0.6) is 5.75 Å². The monoisotopic (exact) mass is 459 g/mol. The first-order valence-corrected chi connectivity index (χ1v) is 11.5. The SMILES string of the molecule is COc1cc2ncc3c(c(-c4ccc(C#N)cc4)nn3C)c2cc1CCc1ccccc1C(C)=N. The number of aromatic nitrogens is 3. The fourth-order valence-corrected chi connectivity index (χ4v) is 4.67. The molecule has 6 heteroatoms. The molecular formula is C29H25N5O. The van der Waals surface area contributed by atoms with E-state index in [4.69, 9.17) is 20.2 Å². The second kappa shape index (κ2) is 9.03. The van der Waals surface area contributed by atoms with Gasteiger partial charge >= 0.3 is 0 Å². The first kappa shape index (κ1) is 22.3. The van der Waals surface area contributed by atoms with Crippen LogP contribution in [0.2, 0.25) is 0 Å². The van der Waals surface area contributed by atoms with Gasteiger partial charge in [0.15, 0.2) is 0 Å². The van der Waals surface area contributed by atoms with Crippen molar-refractivity contribution >= 4 is 27.5 Å². The number of rotatable bonds is 6. The lowest BCUT2D eigenvalue weighted by Crippen LogP contribution is -2.02. The number of nitriles is 1. The molecule has 0 unspecified atom stereocenters. The van der Waals surface area contributed by atoms with Gasteiger partial charge in [0.2, 0.25) is 0 Å². The standard InChI is InChI=1S/C29H25N5O/c1-18(31)23-7-5-4-6-20(23)12-13-22-14-24-25(15-27(22)35-3)32-17-26-28(24)29(33-34(26)2)21-10-8-19(16-30)9-11-21/h4-11,14-15,17,31H,12-13H2,1-3H3. The Balaban J connectivity index is 1.65. The molecule has 35 heavy (non-hydrogen) atoms. The Kier molecular flexibility index (Phi) is 5.76. The molecule has 5 rings (SSSR count). The zero-order chi connectivity index (χ0) is 24.5. The Bertz CT molecular complexity index is 1620. The first-order chi connectivity index (χ1) is 17.0. The van der Waals surface area contributed by atoms with Gasteiger partial charge in [-0.05, 0) is 54.7 Å². The second-order valence-electron chi connectivity index (χ2n) is 8.64. The van der Waals surface area contributed by atoms with Crippen molar-refractivity contribution in [3.05, 3.63) is 89.1 Å². The van der Waals surface area contributed by atoms with Crippen LogP contribution in [0.4, 0.5) is 0 Å². The normalized spacial score (nSPS) is 11.0. The molecule has 0 aliphatic carbocycles. The van der Waals surface area contributed by atoms with E-state index in [2.05, 4.69) is 18.2 Å². The molecule has 0 aliphatic heterocycles. The van der Waals surface area contributed by atoms with Crippen molar-refractivity contribution in [1.82, 2.24) is 14.8 Å². The van der Waals surface area contributed by atoms with Gasteiger partial charge in [-0.3, -0.25) is 9.67 Å². The minimum Gasteiger partial charge on any atom is -0.496 e. The van der Waals surface area contributed by atoms with Gasteiger partial charge in [-0.1, -0.05) is 36.4 Å². The lowest BCUT2D eigenvalue weighted by molar-refractivity contribution is 0.410. The smallest absolute Gasteiger partial charge is 0.124 e. The number of benzene rings is 3. The van der Waals surface area contributed by atoms with Crippen molar-refractivity contribution in [2.45, 2.75) is 19.8 Å². The van der Waals surface area contributed by atoms with E-state index in [1.54, 1.807) is 7.11 Å². The van der Waals surface area contributed by atoms with E-state index in [-0.39, 0.29) is 0 Å². The van der Waals surface area contributed by atoms with E-state index in [1.807, 2.05) is 73.4 Å². The van der Waals surface area contributed by atoms with Gasteiger partial charge in [-0.2, -0.15) is 10.4 Å². The Hall–Kier alpha value is -4.50. The van der Waals surface area contributed by atoms with Crippen LogP contribution >= 0.6 is 0 Å². The molecule has 0 amide bonds. The Morgan fingerprint density at radius 3 is 2.51 bits per heavy atom. The van der Waals surface area contributed by atoms with Gasteiger partial charge < -0.3 is 10.1 Å². The van der Waals surface area contributed by atoms with Crippen LogP contribution in [-0.4, -0.2) is 27.6 Å². The summed E-state index contributed by atoms with van der Waals surface area (Å²) in [6.07, 6.45) is 3.42. The number of ether oxygens (including phenoxy) is 1. The number of nitrogens with zero attached hydrogens (tertiary/aromatic N) is 4. The molecule has 5 aromatic rings. The summed E-state index contributed by atoms with van der Waals surface area (Å²) in [6, 6.07) is 21.9. The van der Waals surface area contributed by atoms with Crippen LogP contribution in [0.3, 0.4) is 0 Å². The summed E-state index contributed by atoms with van der Waals surface area (Å²) in [6.45, 7) is 1.82. The molecule has 0 spiro atoms. The van der Waals surface area contributed by atoms with E-state index < -0.39 is 0 Å². The van der Waals surface area contributed by atoms with Gasteiger partial charge in [-0.25, -0.2) is 0 Å². The fraction of sp³-hybridized carbons (Fsp3) is 0.172. The van der Waals surface area contributed by atoms with Crippen LogP contribution in [0.15, 0.2) is 66.9 Å². The molecule has 0 aliphatic rings. The molecule has 3 aromatic carbocycles. The summed E-state index contributed by atoms with van der Waals surface area (Å²) >= 11 is 0. The highest BCUT2D eigenvalue weighted by molar-refractivity contribution is 6.11. The summed E-state index contributed by atoms with van der Waals surface area (Å²) in [4.78, 5) is 4.70. The van der Waals surface area contributed by atoms with E-state index in [9.17, 15) is 5.26 Å². The number of aryl methyl sites for hydroxylation is 3. The maximum Gasteiger partial charge on any atom is 0.124 e. The number of hydrogen-bond donors (Lipinski definition) is 1. The van der Waals surface area contributed by atoms with E-state index in [1.165, 1.54) is 0 Å². The third kappa shape index (κ3) is 4.02. The molecule has 2 aromatic heterocycles. The van der Waals surface area contributed by atoms with Gasteiger partial charge in [0.05, 0.1) is 36.0 Å². The van der Waals surface area contributed by atoms with Crippen LogP contribution < -0.4 is 4.74 Å². The van der Waals surface area contributed by atoms with Crippen molar-refractivity contribution in [2.75, 3.05) is 7.11 Å². The minimum atomic E-state index is 0.569. The molecule has 6 nitrogen and oxygen atoms in total. The fourth-order valence-electron chi connectivity index (χ4n) is 4.67. The van der Waals surface area contributed by atoms with Gasteiger partial charge in [0.25, 0.3) is 0 Å². The Labute approximate surface area is 203 Å². The number of fused-ring (bicyclic) bond motifs is 3. The van der Waals surface area contributed by atoms with Gasteiger partial charge in [0, 0.05) is 35.2 Å². The van der Waals surface area contributed by atoms with E-state index >= 15 is 0 Å². The summed E-state index contributed by atoms with van der Waals surface area (Å²) in [5.41, 5.74) is 8.00. The van der Waals surface area contributed by atoms with Crippen molar-refractivity contribution in [1.29, 1.82) is 10.7 Å². The van der Waals surface area contributed by atoms with Crippen LogP contribution in [0, 0.1) is 16.7 Å². The lowest BCUT2D eigenvalue weighted by atomic mass is 9.95. The molecule has 0 saturated heterocycles. The highest BCUT2D eigenvalue weighted by Crippen LogP contribution is 2.36. The lowest BCUT2D eigenvalue weighted by Gasteiger charge is -2.13. The van der Waals surface area contributed by atoms with Crippen molar-refractivity contribution in [3.8, 4) is 23.1 Å². The number of methoxy groups -OCH3 is 1. The maximum absolute atomic E-state index is 9.17. The number of hydrogen-bond acceptors (Lipinski definition) is 5. The average Bonchev–Trinajstić information content (AvgIpc) is 3.23. The van der Waals surface area contributed by atoms with Crippen LogP contribution in [0.1, 0.15) is 29.2 Å². The molecular weight excluding hydrogens is 434 g/mol. The first-order valence-electron chi connectivity index (χ1n) is 11.5. The van der Waals surface area contributed by atoms with Gasteiger partial charge in [0.1, 0.15) is 11.4 Å². The predicted octanol–water partition coefficient (Wildman–Crippen LogP) is 5.84. The molecule has 0 radical (unpaired) electrons. The summed E-state index contributed by atoms with van der Waals surface area (Å²) in [7, 11) is 3.61. The number of nitrogens with one attached hydrogen (secondary N) is 1. The summed E-state index contributed by atoms with van der Waals surface area (Å²) < 4.78 is 7.59. The van der Waals surface area contributed by atoms with Crippen LogP contribution in [0.25, 0.3) is 33.1 Å². The van der Waals surface area contributed by atoms with Crippen LogP contribution in [-0.2, 0) is 19.9 Å². The molecule has 1 N–H and O–H groups in total. The van der Waals surface area contributed by atoms with Crippen molar-refractivity contribution in [3.63, 3.8) is 0 Å². The molecule has 0 atom stereocenters. The zero-order valence-electron chi connectivity index (χ0n) is 20.0.